The van der Waals surface area contributed by atoms with Gasteiger partial charge in [-0.2, -0.15) is 0 Å². The zero-order chi connectivity index (χ0) is 75.3. The van der Waals surface area contributed by atoms with Crippen molar-refractivity contribution in [3.63, 3.8) is 0 Å². The minimum Gasteiger partial charge on any atom is -0.455 e. The fraction of sp³-hybridized carbons (Fsp3) is 0. The van der Waals surface area contributed by atoms with Gasteiger partial charge in [0, 0.05) is 94.3 Å². The van der Waals surface area contributed by atoms with Crippen molar-refractivity contribution in [3.8, 4) is 101 Å². The standard InChI is InChI=1S/C52H33FN4.C52H32N4O/c53-41-14-9-15-42(33-41)56-48-18-6-4-16-43(48)45-31-38(24-26-50(45)56)39-25-27-51-46(32-39)44-17-5-7-19-49(44)57(51)52-54-29-28-47(55-52)40-13-8-12-37(30-40)36-22-20-35(21-23-36)34-10-2-1-3-11-34;1-2-14-37(15-3-1)55-46-21-7-4-16-39(46)43-31-33(24-26-48(43)55)34-25-27-49-44(32-34)40-17-5-8-22-47(40)56(49)52-53-29-28-45(54-52)36-13-10-12-35(30-36)38-19-11-20-42-41-18-6-9-23-50(41)57-51(38)42/h1-33H;1-32H. The Kier molecular flexibility index (Phi) is 15.6. The molecule has 0 spiro atoms. The van der Waals surface area contributed by atoms with Gasteiger partial charge in [-0.1, -0.05) is 249 Å². The van der Waals surface area contributed by atoms with E-state index in [1.165, 1.54) is 44.6 Å². The molecule has 23 aromatic rings. The van der Waals surface area contributed by atoms with E-state index in [9.17, 15) is 4.39 Å². The smallest absolute Gasteiger partial charge is 0.235 e. The number of furan rings is 1. The summed E-state index contributed by atoms with van der Waals surface area (Å²) in [5, 5.41) is 11.5. The molecule has 9 nitrogen and oxygen atoms in total. The molecule has 0 aliphatic carbocycles. The van der Waals surface area contributed by atoms with Crippen LogP contribution in [0.4, 0.5) is 4.39 Å². The number of aromatic nitrogens is 8. The molecule has 0 radical (unpaired) electrons. The molecule has 0 saturated carbocycles. The summed E-state index contributed by atoms with van der Waals surface area (Å²) in [4.78, 5) is 20.1. The molecule has 16 aromatic carbocycles. The molecular formula is C104H65FN8O. The Labute approximate surface area is 653 Å². The summed E-state index contributed by atoms with van der Waals surface area (Å²) in [7, 11) is 0. The van der Waals surface area contributed by atoms with E-state index in [1.807, 2.05) is 54.9 Å². The van der Waals surface area contributed by atoms with E-state index in [-0.39, 0.29) is 5.82 Å². The third kappa shape index (κ3) is 11.1. The summed E-state index contributed by atoms with van der Waals surface area (Å²) in [6.45, 7) is 0. The van der Waals surface area contributed by atoms with Crippen LogP contribution in [0.5, 0.6) is 0 Å². The fourth-order valence-electron chi connectivity index (χ4n) is 17.2. The largest absolute Gasteiger partial charge is 0.455 e. The fourth-order valence-corrected chi connectivity index (χ4v) is 17.2. The highest BCUT2D eigenvalue weighted by molar-refractivity contribution is 6.15. The summed E-state index contributed by atoms with van der Waals surface area (Å²) in [5.74, 6) is 0.997. The number of para-hydroxylation sites is 7. The van der Waals surface area contributed by atoms with Crippen molar-refractivity contribution in [2.45, 2.75) is 0 Å². The monoisotopic (exact) mass is 1460 g/mol. The lowest BCUT2D eigenvalue weighted by molar-refractivity contribution is 0.627. The predicted octanol–water partition coefficient (Wildman–Crippen LogP) is 27.0. The van der Waals surface area contributed by atoms with Crippen LogP contribution in [0.1, 0.15) is 0 Å². The topological polar surface area (TPSA) is 84.4 Å². The number of hydrogen-bond acceptors (Lipinski definition) is 5. The van der Waals surface area contributed by atoms with E-state index in [0.717, 1.165) is 160 Å². The number of fused-ring (bicyclic) bond motifs is 15. The maximum atomic E-state index is 14.4. The SMILES string of the molecule is Fc1cccc(-n2c3ccccc3c3cc(-c4ccc5c(c4)c4ccccc4n5-c4nccc(-c5cccc(-c6ccc(-c7ccccc7)cc6)c5)n4)ccc32)c1.c1ccc(-n2c3ccccc3c3cc(-c4ccc5c(c4)c4ccccc4n5-c4nccc(-c5cccc(-c6cccc7c6oc6ccccc67)c5)n4)ccc32)cc1. The number of hydrogen-bond donors (Lipinski definition) is 0. The Balaban J connectivity index is 0.000000139. The van der Waals surface area contributed by atoms with Gasteiger partial charge in [0.05, 0.1) is 55.5 Å². The molecule has 114 heavy (non-hydrogen) atoms. The van der Waals surface area contributed by atoms with Crippen molar-refractivity contribution in [2.24, 2.45) is 0 Å². The lowest BCUT2D eigenvalue weighted by atomic mass is 9.98. The van der Waals surface area contributed by atoms with E-state index in [0.29, 0.717) is 11.9 Å². The number of rotatable bonds is 11. The van der Waals surface area contributed by atoms with Crippen molar-refractivity contribution >= 4 is 109 Å². The second kappa shape index (κ2) is 27.0. The van der Waals surface area contributed by atoms with E-state index in [1.54, 1.807) is 12.1 Å². The van der Waals surface area contributed by atoms with Crippen LogP contribution in [0, 0.1) is 5.82 Å². The molecule has 7 aromatic heterocycles. The highest BCUT2D eigenvalue weighted by Crippen LogP contribution is 2.43. The summed E-state index contributed by atoms with van der Waals surface area (Å²) >= 11 is 0. The molecule has 0 fully saturated rings. The summed E-state index contributed by atoms with van der Waals surface area (Å²) in [6, 6.07) is 133. The van der Waals surface area contributed by atoms with Gasteiger partial charge in [-0.15, -0.1) is 0 Å². The first-order chi connectivity index (χ1) is 56.4. The maximum absolute atomic E-state index is 14.4. The lowest BCUT2D eigenvalue weighted by Crippen LogP contribution is -2.01. The van der Waals surface area contributed by atoms with E-state index < -0.39 is 0 Å². The predicted molar refractivity (Wildman–Crippen MR) is 467 cm³/mol. The van der Waals surface area contributed by atoms with Crippen molar-refractivity contribution in [1.82, 2.24) is 38.2 Å². The van der Waals surface area contributed by atoms with Crippen molar-refractivity contribution in [3.05, 3.63) is 400 Å². The molecule has 7 heterocycles. The van der Waals surface area contributed by atoms with Crippen molar-refractivity contribution in [2.75, 3.05) is 0 Å². The molecular weight excluding hydrogens is 1400 g/mol. The van der Waals surface area contributed by atoms with Crippen molar-refractivity contribution in [1.29, 1.82) is 0 Å². The van der Waals surface area contributed by atoms with Crippen LogP contribution in [0.25, 0.3) is 211 Å². The first kappa shape index (κ1) is 65.7. The first-order valence-electron chi connectivity index (χ1n) is 38.3. The maximum Gasteiger partial charge on any atom is 0.235 e. The van der Waals surface area contributed by atoms with Crippen LogP contribution in [0.2, 0.25) is 0 Å². The average molecular weight is 1460 g/mol. The Bertz CT molecular complexity index is 7760. The summed E-state index contributed by atoms with van der Waals surface area (Å²) in [5.41, 5.74) is 27.5. The van der Waals surface area contributed by atoms with Gasteiger partial charge >= 0.3 is 0 Å². The van der Waals surface area contributed by atoms with Crippen LogP contribution in [-0.4, -0.2) is 38.2 Å². The third-order valence-corrected chi connectivity index (χ3v) is 22.5. The zero-order valence-corrected chi connectivity index (χ0v) is 61.4. The van der Waals surface area contributed by atoms with Gasteiger partial charge in [-0.25, -0.2) is 24.3 Å². The molecule has 0 atom stereocenters. The van der Waals surface area contributed by atoms with Gasteiger partial charge in [0.15, 0.2) is 0 Å². The molecule has 0 amide bonds. The molecule has 534 valence electrons. The number of nitrogens with zero attached hydrogens (tertiary/aromatic N) is 8. The van der Waals surface area contributed by atoms with Crippen LogP contribution in [0.15, 0.2) is 399 Å². The molecule has 0 aliphatic heterocycles. The summed E-state index contributed by atoms with van der Waals surface area (Å²) in [6.07, 6.45) is 3.71. The Morgan fingerprint density at radius 3 is 1.08 bits per heavy atom. The van der Waals surface area contributed by atoms with Crippen LogP contribution in [-0.2, 0) is 0 Å². The molecule has 23 rings (SSSR count). The van der Waals surface area contributed by atoms with Crippen molar-refractivity contribution < 1.29 is 8.81 Å². The van der Waals surface area contributed by atoms with Crippen LogP contribution in [0.3, 0.4) is 0 Å². The third-order valence-electron chi connectivity index (χ3n) is 22.5. The molecule has 0 bridgehead atoms. The Morgan fingerprint density at radius 1 is 0.219 bits per heavy atom. The molecule has 0 N–H and O–H groups in total. The second-order valence-corrected chi connectivity index (χ2v) is 29.0. The van der Waals surface area contributed by atoms with Gasteiger partial charge in [-0.05, 0) is 184 Å². The minimum absolute atomic E-state index is 0.255. The van der Waals surface area contributed by atoms with E-state index in [2.05, 4.69) is 340 Å². The van der Waals surface area contributed by atoms with Gasteiger partial charge in [0.1, 0.15) is 17.0 Å². The van der Waals surface area contributed by atoms with Crippen LogP contribution >= 0.6 is 0 Å². The van der Waals surface area contributed by atoms with E-state index >= 15 is 0 Å². The quantitative estimate of drug-likeness (QED) is 0.129. The lowest BCUT2D eigenvalue weighted by Gasteiger charge is -2.10. The number of halogens is 1. The molecule has 0 saturated heterocycles. The van der Waals surface area contributed by atoms with Gasteiger partial charge in [0.25, 0.3) is 0 Å². The average Bonchev–Trinajstić information content (AvgIpc) is 1.56. The van der Waals surface area contributed by atoms with Gasteiger partial charge in [-0.3, -0.25) is 9.13 Å². The normalized spacial score (nSPS) is 11.7. The molecule has 0 aliphatic rings. The van der Waals surface area contributed by atoms with Gasteiger partial charge in [0.2, 0.25) is 11.9 Å². The Hall–Kier alpha value is -15.4. The summed E-state index contributed by atoms with van der Waals surface area (Å²) < 4.78 is 29.6. The Morgan fingerprint density at radius 2 is 0.561 bits per heavy atom. The minimum atomic E-state index is -0.255. The number of benzene rings is 16. The highest BCUT2D eigenvalue weighted by Gasteiger charge is 2.22. The van der Waals surface area contributed by atoms with Gasteiger partial charge < -0.3 is 13.6 Å². The highest BCUT2D eigenvalue weighted by atomic mass is 19.1. The first-order valence-corrected chi connectivity index (χ1v) is 38.3. The molecule has 0 unspecified atom stereocenters. The van der Waals surface area contributed by atoms with E-state index in [4.69, 9.17) is 24.4 Å². The van der Waals surface area contributed by atoms with Crippen LogP contribution < -0.4 is 0 Å². The second-order valence-electron chi connectivity index (χ2n) is 29.0. The zero-order valence-electron chi connectivity index (χ0n) is 61.4. The molecule has 10 heteroatoms.